The molecule has 1 fully saturated rings. The van der Waals surface area contributed by atoms with Crippen molar-refractivity contribution in [3.63, 3.8) is 0 Å². The number of hydrazone groups is 1. The maximum absolute atomic E-state index is 11.7. The van der Waals surface area contributed by atoms with Gasteiger partial charge in [0.05, 0.1) is 26.0 Å². The van der Waals surface area contributed by atoms with Gasteiger partial charge in [-0.2, -0.15) is 5.10 Å². The minimum atomic E-state index is -0.784. The van der Waals surface area contributed by atoms with Gasteiger partial charge in [0.2, 0.25) is 0 Å². The lowest BCUT2D eigenvalue weighted by Gasteiger charge is -2.26. The summed E-state index contributed by atoms with van der Waals surface area (Å²) in [6.07, 6.45) is 3.59. The molecule has 1 heterocycles. The molecule has 0 radical (unpaired) electrons. The molecule has 0 aliphatic carbocycles. The zero-order chi connectivity index (χ0) is 19.3. The van der Waals surface area contributed by atoms with Gasteiger partial charge in [-0.15, -0.1) is 0 Å². The van der Waals surface area contributed by atoms with Crippen molar-refractivity contribution in [2.75, 3.05) is 46.0 Å². The zero-order valence-electron chi connectivity index (χ0n) is 15.8. The molecule has 8 nitrogen and oxygen atoms in total. The summed E-state index contributed by atoms with van der Waals surface area (Å²) in [5, 5.41) is 6.40. The van der Waals surface area contributed by atoms with Crippen LogP contribution in [0, 0.1) is 0 Å². The van der Waals surface area contributed by atoms with E-state index < -0.39 is 11.8 Å². The predicted molar refractivity (Wildman–Crippen MR) is 103 cm³/mol. The number of hydrogen-bond donors (Lipinski definition) is 2. The van der Waals surface area contributed by atoms with Crippen molar-refractivity contribution in [3.8, 4) is 5.75 Å². The van der Waals surface area contributed by atoms with Crippen molar-refractivity contribution in [3.05, 3.63) is 29.8 Å². The van der Waals surface area contributed by atoms with E-state index in [9.17, 15) is 9.59 Å². The third-order valence-electron chi connectivity index (χ3n) is 4.05. The molecule has 1 aromatic rings. The first-order valence-electron chi connectivity index (χ1n) is 9.33. The third kappa shape index (κ3) is 8.19. The van der Waals surface area contributed by atoms with Crippen LogP contribution in [0.25, 0.3) is 0 Å². The summed E-state index contributed by atoms with van der Waals surface area (Å²) in [6.45, 7) is 7.00. The number of benzene rings is 1. The molecule has 1 aromatic carbocycles. The normalized spacial score (nSPS) is 14.9. The summed E-state index contributed by atoms with van der Waals surface area (Å²) in [4.78, 5) is 25.6. The van der Waals surface area contributed by atoms with Gasteiger partial charge in [-0.25, -0.2) is 5.43 Å². The fraction of sp³-hybridized carbons (Fsp3) is 0.526. The maximum atomic E-state index is 11.7. The third-order valence-corrected chi connectivity index (χ3v) is 4.05. The second-order valence-corrected chi connectivity index (χ2v) is 6.18. The zero-order valence-corrected chi connectivity index (χ0v) is 15.8. The number of ether oxygens (including phenoxy) is 2. The van der Waals surface area contributed by atoms with Crippen LogP contribution in [0.3, 0.4) is 0 Å². The molecule has 2 N–H and O–H groups in total. The molecule has 1 aliphatic rings. The summed E-state index contributed by atoms with van der Waals surface area (Å²) in [6, 6.07) is 7.35. The molecule has 1 saturated heterocycles. The van der Waals surface area contributed by atoms with Gasteiger partial charge < -0.3 is 14.8 Å². The van der Waals surface area contributed by atoms with Gasteiger partial charge in [0, 0.05) is 26.2 Å². The number of amides is 2. The van der Waals surface area contributed by atoms with Crippen LogP contribution in [0.5, 0.6) is 5.75 Å². The van der Waals surface area contributed by atoms with Crippen molar-refractivity contribution < 1.29 is 19.1 Å². The highest BCUT2D eigenvalue weighted by Crippen LogP contribution is 2.11. The lowest BCUT2D eigenvalue weighted by Crippen LogP contribution is -2.44. The van der Waals surface area contributed by atoms with E-state index >= 15 is 0 Å². The number of rotatable bonds is 9. The SMILES string of the molecule is CCCCOc1ccc(C=NNC(=O)C(=O)NCCN2CCOCC2)cc1. The highest BCUT2D eigenvalue weighted by Gasteiger charge is 2.14. The monoisotopic (exact) mass is 376 g/mol. The first-order valence-corrected chi connectivity index (χ1v) is 9.33. The molecule has 0 aromatic heterocycles. The Bertz CT molecular complexity index is 613. The molecule has 2 amide bonds. The van der Waals surface area contributed by atoms with E-state index in [0.29, 0.717) is 32.9 Å². The highest BCUT2D eigenvalue weighted by atomic mass is 16.5. The molecule has 0 bridgehead atoms. The molecule has 8 heteroatoms. The first-order chi connectivity index (χ1) is 13.2. The Morgan fingerprint density at radius 1 is 1.22 bits per heavy atom. The van der Waals surface area contributed by atoms with Crippen LogP contribution in [0.15, 0.2) is 29.4 Å². The van der Waals surface area contributed by atoms with E-state index in [1.54, 1.807) is 0 Å². The number of unbranched alkanes of at least 4 members (excludes halogenated alkanes) is 1. The van der Waals surface area contributed by atoms with E-state index in [1.807, 2.05) is 24.3 Å². The standard InChI is InChI=1S/C19H28N4O4/c1-2-3-12-27-17-6-4-16(5-7-17)15-21-22-19(25)18(24)20-8-9-23-10-13-26-14-11-23/h4-7,15H,2-3,8-14H2,1H3,(H,20,24)(H,22,25). The average Bonchev–Trinajstić information content (AvgIpc) is 2.70. The Morgan fingerprint density at radius 2 is 1.96 bits per heavy atom. The topological polar surface area (TPSA) is 92.3 Å². The quantitative estimate of drug-likeness (QED) is 0.287. The van der Waals surface area contributed by atoms with Crippen LogP contribution in [0.2, 0.25) is 0 Å². The molecule has 148 valence electrons. The molecule has 0 spiro atoms. The fourth-order valence-electron chi connectivity index (χ4n) is 2.43. The molecule has 0 atom stereocenters. The average molecular weight is 376 g/mol. The number of nitrogens with one attached hydrogen (secondary N) is 2. The lowest BCUT2D eigenvalue weighted by molar-refractivity contribution is -0.139. The molecule has 0 saturated carbocycles. The summed E-state index contributed by atoms with van der Waals surface area (Å²) in [5.41, 5.74) is 3.03. The Hall–Kier alpha value is -2.45. The molecule has 27 heavy (non-hydrogen) atoms. The minimum absolute atomic E-state index is 0.412. The Labute approximate surface area is 159 Å². The van der Waals surface area contributed by atoms with E-state index in [1.165, 1.54) is 6.21 Å². The Balaban J connectivity index is 1.65. The number of morpholine rings is 1. The summed E-state index contributed by atoms with van der Waals surface area (Å²) < 4.78 is 10.8. The molecule has 2 rings (SSSR count). The van der Waals surface area contributed by atoms with Crippen molar-refractivity contribution in [1.29, 1.82) is 0 Å². The predicted octanol–water partition coefficient (Wildman–Crippen LogP) is 0.764. The van der Waals surface area contributed by atoms with E-state index in [-0.39, 0.29) is 0 Å². The van der Waals surface area contributed by atoms with Gasteiger partial charge in [0.15, 0.2) is 0 Å². The molecular formula is C19H28N4O4. The van der Waals surface area contributed by atoms with Crippen LogP contribution in [0.4, 0.5) is 0 Å². The number of carbonyl (C=O) groups excluding carboxylic acids is 2. The van der Waals surface area contributed by atoms with Gasteiger partial charge in [-0.05, 0) is 36.2 Å². The van der Waals surface area contributed by atoms with Crippen molar-refractivity contribution >= 4 is 18.0 Å². The molecule has 1 aliphatic heterocycles. The first kappa shape index (κ1) is 20.9. The van der Waals surface area contributed by atoms with Crippen molar-refractivity contribution in [1.82, 2.24) is 15.6 Å². The minimum Gasteiger partial charge on any atom is -0.494 e. The second kappa shape index (κ2) is 12.0. The van der Waals surface area contributed by atoms with Gasteiger partial charge in [0.1, 0.15) is 5.75 Å². The van der Waals surface area contributed by atoms with E-state index in [2.05, 4.69) is 27.7 Å². The van der Waals surface area contributed by atoms with Gasteiger partial charge in [-0.3, -0.25) is 14.5 Å². The fourth-order valence-corrected chi connectivity index (χ4v) is 2.43. The van der Waals surface area contributed by atoms with Crippen LogP contribution in [-0.4, -0.2) is 68.9 Å². The summed E-state index contributed by atoms with van der Waals surface area (Å²) in [7, 11) is 0. The van der Waals surface area contributed by atoms with Gasteiger partial charge in [0.25, 0.3) is 0 Å². The van der Waals surface area contributed by atoms with Crippen LogP contribution in [-0.2, 0) is 14.3 Å². The second-order valence-electron chi connectivity index (χ2n) is 6.18. The lowest BCUT2D eigenvalue weighted by atomic mass is 10.2. The van der Waals surface area contributed by atoms with Crippen molar-refractivity contribution in [2.45, 2.75) is 19.8 Å². The van der Waals surface area contributed by atoms with Crippen LogP contribution >= 0.6 is 0 Å². The number of hydrogen-bond acceptors (Lipinski definition) is 6. The summed E-state index contributed by atoms with van der Waals surface area (Å²) in [5.74, 6) is -0.683. The Morgan fingerprint density at radius 3 is 2.67 bits per heavy atom. The van der Waals surface area contributed by atoms with Crippen molar-refractivity contribution in [2.24, 2.45) is 5.10 Å². The largest absolute Gasteiger partial charge is 0.494 e. The molecule has 0 unspecified atom stereocenters. The van der Waals surface area contributed by atoms with Gasteiger partial charge >= 0.3 is 11.8 Å². The Kier molecular flexibility index (Phi) is 9.29. The molecular weight excluding hydrogens is 348 g/mol. The van der Waals surface area contributed by atoms with Gasteiger partial charge in [-0.1, -0.05) is 13.3 Å². The van der Waals surface area contributed by atoms with E-state index in [0.717, 1.165) is 37.2 Å². The highest BCUT2D eigenvalue weighted by molar-refractivity contribution is 6.35. The smallest absolute Gasteiger partial charge is 0.329 e. The van der Waals surface area contributed by atoms with Crippen LogP contribution in [0.1, 0.15) is 25.3 Å². The number of nitrogens with zero attached hydrogens (tertiary/aromatic N) is 2. The maximum Gasteiger partial charge on any atom is 0.329 e. The summed E-state index contributed by atoms with van der Waals surface area (Å²) >= 11 is 0. The van der Waals surface area contributed by atoms with Crippen LogP contribution < -0.4 is 15.5 Å². The number of carbonyl (C=O) groups is 2. The van der Waals surface area contributed by atoms with E-state index in [4.69, 9.17) is 9.47 Å².